The van der Waals surface area contributed by atoms with Crippen LogP contribution in [-0.2, 0) is 6.54 Å². The molecule has 3 N–H and O–H groups in total. The van der Waals surface area contributed by atoms with Crippen LogP contribution in [0.4, 0.5) is 0 Å². The van der Waals surface area contributed by atoms with Gasteiger partial charge in [-0.05, 0) is 13.8 Å². The second kappa shape index (κ2) is 5.49. The van der Waals surface area contributed by atoms with Gasteiger partial charge in [0.1, 0.15) is 0 Å². The quantitative estimate of drug-likeness (QED) is 0.619. The molecule has 0 saturated carbocycles. The summed E-state index contributed by atoms with van der Waals surface area (Å²) in [5.74, 6) is 0.242. The molecule has 0 radical (unpaired) electrons. The number of amidine groups is 1. The minimum absolute atomic E-state index is 0.242. The molecular formula is C12H19N5S. The van der Waals surface area contributed by atoms with E-state index in [0.29, 0.717) is 12.5 Å². The highest BCUT2D eigenvalue weighted by atomic mass is 32.1. The Balaban J connectivity index is 2.03. The molecule has 5 nitrogen and oxygen atoms in total. The first-order chi connectivity index (χ1) is 8.56. The van der Waals surface area contributed by atoms with Crippen LogP contribution < -0.4 is 5.73 Å². The highest BCUT2D eigenvalue weighted by Gasteiger charge is 2.12. The average molecular weight is 265 g/mol. The first-order valence-electron chi connectivity index (χ1n) is 6.04. The third-order valence-electron chi connectivity index (χ3n) is 2.91. The zero-order valence-corrected chi connectivity index (χ0v) is 11.6. The minimum atomic E-state index is 0.242. The fourth-order valence-electron chi connectivity index (χ4n) is 1.84. The predicted molar refractivity (Wildman–Crippen MR) is 75.1 cm³/mol. The van der Waals surface area contributed by atoms with Crippen molar-refractivity contribution in [2.75, 3.05) is 6.54 Å². The summed E-state index contributed by atoms with van der Waals surface area (Å²) in [6, 6.07) is 0.420. The fraction of sp³-hybridized carbons (Fsp3) is 0.500. The molecule has 0 spiro atoms. The van der Waals surface area contributed by atoms with Crippen LogP contribution in [0.5, 0.6) is 0 Å². The lowest BCUT2D eigenvalue weighted by Gasteiger charge is -2.25. The highest BCUT2D eigenvalue weighted by Crippen LogP contribution is 2.14. The molecule has 0 aromatic carbocycles. The summed E-state index contributed by atoms with van der Waals surface area (Å²) in [5.41, 5.74) is 6.49. The molecule has 2 aromatic heterocycles. The number of hydrogen-bond donors (Lipinski definition) is 2. The van der Waals surface area contributed by atoms with Gasteiger partial charge in [-0.1, -0.05) is 0 Å². The number of thiazole rings is 1. The van der Waals surface area contributed by atoms with Gasteiger partial charge in [0.2, 0.25) is 0 Å². The molecule has 0 amide bonds. The van der Waals surface area contributed by atoms with Crippen molar-refractivity contribution in [3.63, 3.8) is 0 Å². The van der Waals surface area contributed by atoms with Crippen LogP contribution in [0.25, 0.3) is 4.96 Å². The van der Waals surface area contributed by atoms with E-state index in [4.69, 9.17) is 11.1 Å². The molecule has 2 aromatic rings. The van der Waals surface area contributed by atoms with Crippen LogP contribution in [0.1, 0.15) is 26.0 Å². The van der Waals surface area contributed by atoms with Crippen molar-refractivity contribution < 1.29 is 0 Å². The number of fused-ring (bicyclic) bond motifs is 1. The van der Waals surface area contributed by atoms with Crippen LogP contribution in [0, 0.1) is 5.41 Å². The zero-order chi connectivity index (χ0) is 13.1. The number of aromatic nitrogens is 2. The molecule has 0 saturated heterocycles. The number of hydrogen-bond acceptors (Lipinski definition) is 4. The van der Waals surface area contributed by atoms with E-state index in [1.807, 2.05) is 16.0 Å². The van der Waals surface area contributed by atoms with Crippen LogP contribution >= 0.6 is 11.3 Å². The minimum Gasteiger partial charge on any atom is -0.388 e. The van der Waals surface area contributed by atoms with Gasteiger partial charge in [0.05, 0.1) is 11.5 Å². The van der Waals surface area contributed by atoms with Gasteiger partial charge in [0.15, 0.2) is 4.96 Å². The molecule has 0 aliphatic heterocycles. The summed E-state index contributed by atoms with van der Waals surface area (Å²) in [6.07, 6.45) is 4.70. The standard InChI is InChI=1S/C12H19N5S/c1-9(2)16(4-3-11(13)14)7-10-8-17-5-6-18-12(17)15-10/h5-6,8-9H,3-4,7H2,1-2H3,(H3,13,14). The van der Waals surface area contributed by atoms with Crippen molar-refractivity contribution >= 4 is 22.1 Å². The SMILES string of the molecule is CC(C)N(CCC(=N)N)Cc1cn2ccsc2n1. The summed E-state index contributed by atoms with van der Waals surface area (Å²) in [6.45, 7) is 5.91. The van der Waals surface area contributed by atoms with Crippen molar-refractivity contribution in [3.05, 3.63) is 23.5 Å². The Morgan fingerprint density at radius 3 is 3.00 bits per heavy atom. The summed E-state index contributed by atoms with van der Waals surface area (Å²) < 4.78 is 2.05. The summed E-state index contributed by atoms with van der Waals surface area (Å²) >= 11 is 1.64. The largest absolute Gasteiger partial charge is 0.388 e. The number of nitrogens with zero attached hydrogens (tertiary/aromatic N) is 3. The van der Waals surface area contributed by atoms with Gasteiger partial charge in [0, 0.05) is 43.3 Å². The molecule has 0 atom stereocenters. The topological polar surface area (TPSA) is 70.4 Å². The van der Waals surface area contributed by atoms with Gasteiger partial charge in [0.25, 0.3) is 0 Å². The molecule has 0 fully saturated rings. The number of imidazole rings is 1. The van der Waals surface area contributed by atoms with Gasteiger partial charge < -0.3 is 5.73 Å². The monoisotopic (exact) mass is 265 g/mol. The van der Waals surface area contributed by atoms with Crippen LogP contribution in [0.3, 0.4) is 0 Å². The summed E-state index contributed by atoms with van der Waals surface area (Å²) in [5, 5.41) is 9.33. The zero-order valence-electron chi connectivity index (χ0n) is 10.8. The van der Waals surface area contributed by atoms with Crippen molar-refractivity contribution in [2.24, 2.45) is 5.73 Å². The third kappa shape index (κ3) is 3.08. The van der Waals surface area contributed by atoms with E-state index in [1.165, 1.54) is 0 Å². The maximum atomic E-state index is 7.30. The molecule has 0 aliphatic rings. The van der Waals surface area contributed by atoms with Gasteiger partial charge in [-0.25, -0.2) is 4.98 Å². The second-order valence-corrected chi connectivity index (χ2v) is 5.54. The Morgan fingerprint density at radius 1 is 1.61 bits per heavy atom. The van der Waals surface area contributed by atoms with E-state index in [-0.39, 0.29) is 5.84 Å². The third-order valence-corrected chi connectivity index (χ3v) is 3.68. The molecule has 0 bridgehead atoms. The van der Waals surface area contributed by atoms with Crippen molar-refractivity contribution in [1.29, 1.82) is 5.41 Å². The normalized spacial score (nSPS) is 11.8. The van der Waals surface area contributed by atoms with Crippen LogP contribution in [0.2, 0.25) is 0 Å². The molecule has 2 heterocycles. The van der Waals surface area contributed by atoms with E-state index in [2.05, 4.69) is 29.9 Å². The van der Waals surface area contributed by atoms with E-state index in [0.717, 1.165) is 23.7 Å². The van der Waals surface area contributed by atoms with Gasteiger partial charge in [-0.2, -0.15) is 0 Å². The Labute approximate surface area is 111 Å². The van der Waals surface area contributed by atoms with Crippen LogP contribution in [-0.4, -0.2) is 32.7 Å². The van der Waals surface area contributed by atoms with Crippen LogP contribution in [0.15, 0.2) is 17.8 Å². The molecule has 0 unspecified atom stereocenters. The van der Waals surface area contributed by atoms with E-state index >= 15 is 0 Å². The van der Waals surface area contributed by atoms with Gasteiger partial charge >= 0.3 is 0 Å². The number of nitrogens with one attached hydrogen (secondary N) is 1. The number of nitrogens with two attached hydrogens (primary N) is 1. The average Bonchev–Trinajstić information content (AvgIpc) is 2.83. The van der Waals surface area contributed by atoms with Crippen molar-refractivity contribution in [2.45, 2.75) is 32.9 Å². The second-order valence-electron chi connectivity index (χ2n) is 4.66. The first kappa shape index (κ1) is 13.0. The maximum absolute atomic E-state index is 7.30. The fourth-order valence-corrected chi connectivity index (χ4v) is 2.56. The van der Waals surface area contributed by atoms with Gasteiger partial charge in [-0.3, -0.25) is 14.7 Å². The molecule has 98 valence electrons. The Kier molecular flexibility index (Phi) is 3.98. The first-order valence-corrected chi connectivity index (χ1v) is 6.92. The van der Waals surface area contributed by atoms with Gasteiger partial charge in [-0.15, -0.1) is 11.3 Å². The summed E-state index contributed by atoms with van der Waals surface area (Å²) in [7, 11) is 0. The molecule has 18 heavy (non-hydrogen) atoms. The molecular weight excluding hydrogens is 246 g/mol. The maximum Gasteiger partial charge on any atom is 0.193 e. The Morgan fingerprint density at radius 2 is 2.39 bits per heavy atom. The Hall–Kier alpha value is -1.40. The Bertz CT molecular complexity index is 499. The lowest BCUT2D eigenvalue weighted by atomic mass is 10.2. The van der Waals surface area contributed by atoms with Crippen molar-refractivity contribution in [1.82, 2.24) is 14.3 Å². The van der Waals surface area contributed by atoms with Crippen molar-refractivity contribution in [3.8, 4) is 0 Å². The molecule has 6 heteroatoms. The number of rotatable bonds is 6. The lowest BCUT2D eigenvalue weighted by Crippen LogP contribution is -2.33. The molecule has 0 aliphatic carbocycles. The molecule has 2 rings (SSSR count). The highest BCUT2D eigenvalue weighted by molar-refractivity contribution is 7.15. The summed E-state index contributed by atoms with van der Waals surface area (Å²) in [4.78, 5) is 7.89. The predicted octanol–water partition coefficient (Wildman–Crippen LogP) is 1.93. The van der Waals surface area contributed by atoms with E-state index < -0.39 is 0 Å². The van der Waals surface area contributed by atoms with E-state index in [9.17, 15) is 0 Å². The lowest BCUT2D eigenvalue weighted by molar-refractivity contribution is 0.217. The van der Waals surface area contributed by atoms with E-state index in [1.54, 1.807) is 11.3 Å². The smallest absolute Gasteiger partial charge is 0.193 e.